The third kappa shape index (κ3) is 4.67. The quantitative estimate of drug-likeness (QED) is 0.803. The van der Waals surface area contributed by atoms with Crippen molar-refractivity contribution in [2.75, 3.05) is 18.9 Å². The molecular formula is C18H22N4O3. The SMILES string of the molecule is CNC(=O)c1ccc(CN(CC(=O)Nc2cc(C)on2)C2CC2)cc1. The number of aryl methyl sites for hydroxylation is 1. The third-order valence-electron chi connectivity index (χ3n) is 4.13. The molecule has 0 saturated heterocycles. The molecule has 7 nitrogen and oxygen atoms in total. The van der Waals surface area contributed by atoms with Crippen LogP contribution < -0.4 is 10.6 Å². The molecule has 25 heavy (non-hydrogen) atoms. The smallest absolute Gasteiger partial charge is 0.251 e. The molecule has 1 fully saturated rings. The molecule has 1 aliphatic carbocycles. The van der Waals surface area contributed by atoms with Crippen molar-refractivity contribution in [1.82, 2.24) is 15.4 Å². The van der Waals surface area contributed by atoms with Crippen LogP contribution in [0, 0.1) is 6.92 Å². The molecule has 0 radical (unpaired) electrons. The summed E-state index contributed by atoms with van der Waals surface area (Å²) >= 11 is 0. The lowest BCUT2D eigenvalue weighted by atomic mass is 10.1. The highest BCUT2D eigenvalue weighted by molar-refractivity contribution is 5.94. The second-order valence-corrected chi connectivity index (χ2v) is 6.28. The first-order valence-corrected chi connectivity index (χ1v) is 8.33. The number of rotatable bonds is 7. The van der Waals surface area contributed by atoms with Gasteiger partial charge < -0.3 is 15.2 Å². The summed E-state index contributed by atoms with van der Waals surface area (Å²) in [5, 5.41) is 9.14. The predicted molar refractivity (Wildman–Crippen MR) is 93.1 cm³/mol. The number of carbonyl (C=O) groups is 2. The molecule has 0 atom stereocenters. The number of nitrogens with zero attached hydrogens (tertiary/aromatic N) is 2. The van der Waals surface area contributed by atoms with Crippen molar-refractivity contribution >= 4 is 17.6 Å². The minimum Gasteiger partial charge on any atom is -0.360 e. The Morgan fingerprint density at radius 2 is 2.00 bits per heavy atom. The Balaban J connectivity index is 1.59. The van der Waals surface area contributed by atoms with E-state index in [2.05, 4.69) is 20.7 Å². The monoisotopic (exact) mass is 342 g/mol. The molecular weight excluding hydrogens is 320 g/mol. The first-order chi connectivity index (χ1) is 12.0. The Labute approximate surface area is 146 Å². The Hall–Kier alpha value is -2.67. The van der Waals surface area contributed by atoms with Gasteiger partial charge in [-0.2, -0.15) is 0 Å². The molecule has 2 N–H and O–H groups in total. The van der Waals surface area contributed by atoms with E-state index in [4.69, 9.17) is 4.52 Å². The number of anilines is 1. The van der Waals surface area contributed by atoms with Crippen molar-refractivity contribution in [3.05, 3.63) is 47.2 Å². The first-order valence-electron chi connectivity index (χ1n) is 8.33. The van der Waals surface area contributed by atoms with Crippen molar-refractivity contribution in [2.45, 2.75) is 32.4 Å². The normalized spacial score (nSPS) is 13.7. The molecule has 0 aliphatic heterocycles. The van der Waals surface area contributed by atoms with Crippen LogP contribution in [-0.2, 0) is 11.3 Å². The van der Waals surface area contributed by atoms with Gasteiger partial charge in [-0.25, -0.2) is 0 Å². The highest BCUT2D eigenvalue weighted by Crippen LogP contribution is 2.28. The van der Waals surface area contributed by atoms with Crippen molar-refractivity contribution < 1.29 is 14.1 Å². The molecule has 0 unspecified atom stereocenters. The topological polar surface area (TPSA) is 87.5 Å². The van der Waals surface area contributed by atoms with Crippen LogP contribution in [0.2, 0.25) is 0 Å². The molecule has 2 amide bonds. The van der Waals surface area contributed by atoms with E-state index < -0.39 is 0 Å². The maximum atomic E-state index is 12.2. The fourth-order valence-corrected chi connectivity index (χ4v) is 2.69. The summed E-state index contributed by atoms with van der Waals surface area (Å²) in [6.45, 7) is 2.75. The van der Waals surface area contributed by atoms with Crippen molar-refractivity contribution in [1.29, 1.82) is 0 Å². The van der Waals surface area contributed by atoms with Crippen LogP contribution in [0.15, 0.2) is 34.9 Å². The van der Waals surface area contributed by atoms with E-state index in [1.54, 1.807) is 32.2 Å². The van der Waals surface area contributed by atoms with Gasteiger partial charge in [-0.15, -0.1) is 0 Å². The van der Waals surface area contributed by atoms with Gasteiger partial charge in [0.1, 0.15) is 5.76 Å². The van der Waals surface area contributed by atoms with Gasteiger partial charge in [0.25, 0.3) is 5.91 Å². The van der Waals surface area contributed by atoms with E-state index in [1.165, 1.54) is 0 Å². The average Bonchev–Trinajstić information content (AvgIpc) is 3.37. The number of aromatic nitrogens is 1. The standard InChI is InChI=1S/C18H22N4O3/c1-12-9-16(21-25-12)20-17(23)11-22(15-7-8-15)10-13-3-5-14(6-4-13)18(24)19-2/h3-6,9,15H,7-8,10-11H2,1-2H3,(H,19,24)(H,20,21,23). The number of carbonyl (C=O) groups excluding carboxylic acids is 2. The van der Waals surface area contributed by atoms with Gasteiger partial charge in [-0.3, -0.25) is 14.5 Å². The van der Waals surface area contributed by atoms with Gasteiger partial charge in [0.15, 0.2) is 5.82 Å². The van der Waals surface area contributed by atoms with Gasteiger partial charge >= 0.3 is 0 Å². The van der Waals surface area contributed by atoms with E-state index in [0.29, 0.717) is 36.3 Å². The summed E-state index contributed by atoms with van der Waals surface area (Å²) < 4.78 is 4.95. The highest BCUT2D eigenvalue weighted by atomic mass is 16.5. The molecule has 0 spiro atoms. The third-order valence-corrected chi connectivity index (χ3v) is 4.13. The fraction of sp³-hybridized carbons (Fsp3) is 0.389. The van der Waals surface area contributed by atoms with Crippen LogP contribution in [0.4, 0.5) is 5.82 Å². The molecule has 7 heteroatoms. The largest absolute Gasteiger partial charge is 0.360 e. The molecule has 1 heterocycles. The predicted octanol–water partition coefficient (Wildman–Crippen LogP) is 1.95. The number of benzene rings is 1. The zero-order valence-electron chi connectivity index (χ0n) is 14.4. The first kappa shape index (κ1) is 17.2. The second kappa shape index (κ2) is 7.48. The van der Waals surface area contributed by atoms with Crippen molar-refractivity contribution in [2.24, 2.45) is 0 Å². The zero-order valence-corrected chi connectivity index (χ0v) is 14.4. The summed E-state index contributed by atoms with van der Waals surface area (Å²) in [4.78, 5) is 26.0. The number of hydrogen-bond donors (Lipinski definition) is 2. The average molecular weight is 342 g/mol. The minimum absolute atomic E-state index is 0.104. The van der Waals surface area contributed by atoms with E-state index in [-0.39, 0.29) is 11.8 Å². The molecule has 1 aliphatic rings. The Morgan fingerprint density at radius 3 is 2.56 bits per heavy atom. The Morgan fingerprint density at radius 1 is 1.28 bits per heavy atom. The van der Waals surface area contributed by atoms with Crippen LogP contribution in [0.1, 0.15) is 34.5 Å². The van der Waals surface area contributed by atoms with Crippen LogP contribution >= 0.6 is 0 Å². The summed E-state index contributed by atoms with van der Waals surface area (Å²) in [6.07, 6.45) is 2.21. The van der Waals surface area contributed by atoms with Gasteiger partial charge in [0.2, 0.25) is 5.91 Å². The van der Waals surface area contributed by atoms with E-state index in [0.717, 1.165) is 18.4 Å². The van der Waals surface area contributed by atoms with E-state index in [1.807, 2.05) is 12.1 Å². The summed E-state index contributed by atoms with van der Waals surface area (Å²) in [5.74, 6) is 0.883. The van der Waals surface area contributed by atoms with Crippen LogP contribution in [-0.4, -0.2) is 41.5 Å². The van der Waals surface area contributed by atoms with E-state index in [9.17, 15) is 9.59 Å². The molecule has 1 aromatic carbocycles. The van der Waals surface area contributed by atoms with Crippen LogP contribution in [0.25, 0.3) is 0 Å². The molecule has 1 aromatic heterocycles. The maximum Gasteiger partial charge on any atom is 0.251 e. The Bertz CT molecular complexity index is 750. The molecule has 0 bridgehead atoms. The summed E-state index contributed by atoms with van der Waals surface area (Å²) in [5.41, 5.74) is 1.70. The number of amides is 2. The highest BCUT2D eigenvalue weighted by Gasteiger charge is 2.30. The van der Waals surface area contributed by atoms with E-state index >= 15 is 0 Å². The van der Waals surface area contributed by atoms with Crippen molar-refractivity contribution in [3.8, 4) is 0 Å². The molecule has 132 valence electrons. The molecule has 1 saturated carbocycles. The lowest BCUT2D eigenvalue weighted by Crippen LogP contribution is -2.34. The lowest BCUT2D eigenvalue weighted by Gasteiger charge is -2.21. The molecule has 3 rings (SSSR count). The van der Waals surface area contributed by atoms with Crippen LogP contribution in [0.3, 0.4) is 0 Å². The zero-order chi connectivity index (χ0) is 17.8. The number of hydrogen-bond acceptors (Lipinski definition) is 5. The molecule has 2 aromatic rings. The van der Waals surface area contributed by atoms with Crippen LogP contribution in [0.5, 0.6) is 0 Å². The van der Waals surface area contributed by atoms with Gasteiger partial charge in [0.05, 0.1) is 6.54 Å². The van der Waals surface area contributed by atoms with Gasteiger partial charge in [-0.1, -0.05) is 17.3 Å². The van der Waals surface area contributed by atoms with Gasteiger partial charge in [-0.05, 0) is 37.5 Å². The lowest BCUT2D eigenvalue weighted by molar-refractivity contribution is -0.117. The minimum atomic E-state index is -0.109. The fourth-order valence-electron chi connectivity index (χ4n) is 2.69. The second-order valence-electron chi connectivity index (χ2n) is 6.28. The number of nitrogens with one attached hydrogen (secondary N) is 2. The van der Waals surface area contributed by atoms with Crippen molar-refractivity contribution in [3.63, 3.8) is 0 Å². The summed E-state index contributed by atoms with van der Waals surface area (Å²) in [6, 6.07) is 9.59. The Kier molecular flexibility index (Phi) is 5.14. The maximum absolute atomic E-state index is 12.2. The summed E-state index contributed by atoms with van der Waals surface area (Å²) in [7, 11) is 1.61. The van der Waals surface area contributed by atoms with Gasteiger partial charge in [0, 0.05) is 31.3 Å².